The summed E-state index contributed by atoms with van der Waals surface area (Å²) in [6.07, 6.45) is 4.11. The zero-order chi connectivity index (χ0) is 23.5. The third-order valence-electron chi connectivity index (χ3n) is 5.36. The number of amides is 1. The first-order valence-electron chi connectivity index (χ1n) is 10.2. The van der Waals surface area contributed by atoms with Gasteiger partial charge in [0.25, 0.3) is 5.91 Å². The summed E-state index contributed by atoms with van der Waals surface area (Å²) in [7, 11) is 0.873. The van der Waals surface area contributed by atoms with Gasteiger partial charge in [0, 0.05) is 39.9 Å². The highest BCUT2D eigenvalue weighted by Crippen LogP contribution is 2.30. The molecule has 1 aromatic heterocycles. The smallest absolute Gasteiger partial charge is 0.387 e. The van der Waals surface area contributed by atoms with E-state index in [0.29, 0.717) is 18.7 Å². The number of rotatable bonds is 8. The van der Waals surface area contributed by atoms with Gasteiger partial charge in [-0.25, -0.2) is 8.42 Å². The minimum absolute atomic E-state index is 0.0915. The second kappa shape index (κ2) is 9.86. The van der Waals surface area contributed by atoms with Crippen molar-refractivity contribution < 1.29 is 31.5 Å². The van der Waals surface area contributed by atoms with Gasteiger partial charge in [-0.1, -0.05) is 12.5 Å². The summed E-state index contributed by atoms with van der Waals surface area (Å²) in [4.78, 5) is 14.5. The number of methoxy groups -OCH3 is 1. The summed E-state index contributed by atoms with van der Waals surface area (Å²) < 4.78 is 63.3. The highest BCUT2D eigenvalue weighted by atomic mass is 32.2. The van der Waals surface area contributed by atoms with Crippen molar-refractivity contribution in [3.8, 4) is 11.5 Å². The Kier molecular flexibility index (Phi) is 7.40. The molecule has 0 radical (unpaired) electrons. The van der Waals surface area contributed by atoms with E-state index in [1.807, 2.05) is 0 Å². The fourth-order valence-corrected chi connectivity index (χ4v) is 5.28. The number of benzene rings is 1. The van der Waals surface area contributed by atoms with Crippen molar-refractivity contribution in [3.63, 3.8) is 0 Å². The molecule has 0 N–H and O–H groups in total. The van der Waals surface area contributed by atoms with Crippen LogP contribution < -0.4 is 9.47 Å². The number of carbonyl (C=O) groups excluding carboxylic acids is 1. The van der Waals surface area contributed by atoms with E-state index in [4.69, 9.17) is 4.74 Å². The predicted molar refractivity (Wildman–Crippen MR) is 113 cm³/mol. The average molecular weight is 472 g/mol. The number of piperidine rings is 1. The lowest BCUT2D eigenvalue weighted by Crippen LogP contribution is -2.35. The average Bonchev–Trinajstić information content (AvgIpc) is 3.16. The molecular weight excluding hydrogens is 444 g/mol. The van der Waals surface area contributed by atoms with Gasteiger partial charge in [-0.05, 0) is 36.6 Å². The third kappa shape index (κ3) is 5.21. The Morgan fingerprint density at radius 2 is 1.84 bits per heavy atom. The normalized spacial score (nSPS) is 15.1. The molecule has 1 saturated heterocycles. The molecule has 1 amide bonds. The molecule has 0 spiro atoms. The monoisotopic (exact) mass is 471 g/mol. The van der Waals surface area contributed by atoms with Crippen LogP contribution in [0.15, 0.2) is 35.4 Å². The topological polar surface area (TPSA) is 81.1 Å². The fourth-order valence-electron chi connectivity index (χ4n) is 3.69. The molecule has 0 aliphatic carbocycles. The molecule has 3 rings (SSSR count). The van der Waals surface area contributed by atoms with Crippen LogP contribution in [0.3, 0.4) is 0 Å². The zero-order valence-electron chi connectivity index (χ0n) is 18.3. The Morgan fingerprint density at radius 1 is 1.16 bits per heavy atom. The van der Waals surface area contributed by atoms with E-state index < -0.39 is 16.6 Å². The lowest BCUT2D eigenvalue weighted by Gasteiger charge is -2.25. The van der Waals surface area contributed by atoms with Crippen LogP contribution >= 0.6 is 0 Å². The minimum Gasteiger partial charge on any atom is -0.493 e. The number of aromatic nitrogens is 1. The van der Waals surface area contributed by atoms with Crippen molar-refractivity contribution >= 4 is 15.9 Å². The first-order chi connectivity index (χ1) is 15.1. The van der Waals surface area contributed by atoms with E-state index in [0.717, 1.165) is 19.3 Å². The highest BCUT2D eigenvalue weighted by Gasteiger charge is 2.29. The largest absolute Gasteiger partial charge is 0.493 e. The Morgan fingerprint density at radius 3 is 2.47 bits per heavy atom. The molecule has 0 saturated carbocycles. The number of hydrogen-bond acceptors (Lipinski definition) is 5. The van der Waals surface area contributed by atoms with E-state index in [1.165, 1.54) is 45.3 Å². The van der Waals surface area contributed by atoms with Crippen LogP contribution in [0.4, 0.5) is 8.78 Å². The molecule has 176 valence electrons. The number of hydrogen-bond donors (Lipinski definition) is 0. The van der Waals surface area contributed by atoms with Crippen LogP contribution in [-0.2, 0) is 23.6 Å². The molecule has 2 aromatic rings. The van der Waals surface area contributed by atoms with Crippen LogP contribution in [0.25, 0.3) is 0 Å². The molecule has 32 heavy (non-hydrogen) atoms. The maximum atomic E-state index is 13.0. The highest BCUT2D eigenvalue weighted by molar-refractivity contribution is 7.89. The van der Waals surface area contributed by atoms with Crippen molar-refractivity contribution in [2.45, 2.75) is 37.3 Å². The molecule has 0 bridgehead atoms. The van der Waals surface area contributed by atoms with Crippen molar-refractivity contribution in [1.29, 1.82) is 0 Å². The van der Waals surface area contributed by atoms with Crippen LogP contribution in [0, 0.1) is 0 Å². The number of nitrogens with zero attached hydrogens (tertiary/aromatic N) is 3. The Balaban J connectivity index is 1.76. The second-order valence-electron chi connectivity index (χ2n) is 7.66. The van der Waals surface area contributed by atoms with Gasteiger partial charge in [0.15, 0.2) is 11.5 Å². The summed E-state index contributed by atoms with van der Waals surface area (Å²) in [5.41, 5.74) is 0.863. The van der Waals surface area contributed by atoms with Gasteiger partial charge in [0.1, 0.15) is 10.6 Å². The number of ether oxygens (including phenoxy) is 2. The lowest BCUT2D eigenvalue weighted by molar-refractivity contribution is -0.0512. The van der Waals surface area contributed by atoms with E-state index in [2.05, 4.69) is 4.74 Å². The fraction of sp³-hybridized carbons (Fsp3) is 0.476. The summed E-state index contributed by atoms with van der Waals surface area (Å²) in [6, 6.07) is 5.81. The molecule has 11 heteroatoms. The number of carbonyl (C=O) groups is 1. The first-order valence-corrected chi connectivity index (χ1v) is 11.6. The van der Waals surface area contributed by atoms with Crippen LogP contribution in [-0.4, -0.2) is 62.0 Å². The number of halogens is 2. The predicted octanol–water partition coefficient (Wildman–Crippen LogP) is 3.08. The van der Waals surface area contributed by atoms with Gasteiger partial charge in [0.05, 0.1) is 7.11 Å². The molecule has 0 unspecified atom stereocenters. The van der Waals surface area contributed by atoms with E-state index in [9.17, 15) is 22.0 Å². The number of sulfonamides is 1. The molecule has 1 fully saturated rings. The molecule has 1 aliphatic rings. The maximum Gasteiger partial charge on any atom is 0.387 e. The number of alkyl halides is 2. The van der Waals surface area contributed by atoms with Crippen LogP contribution in [0.5, 0.6) is 11.5 Å². The summed E-state index contributed by atoms with van der Waals surface area (Å²) in [6.45, 7) is -1.86. The van der Waals surface area contributed by atoms with Crippen LogP contribution in [0.1, 0.15) is 35.3 Å². The molecule has 1 aliphatic heterocycles. The van der Waals surface area contributed by atoms with Gasteiger partial charge in [-0.15, -0.1) is 0 Å². The minimum atomic E-state index is -3.66. The third-order valence-corrected chi connectivity index (χ3v) is 7.23. The summed E-state index contributed by atoms with van der Waals surface area (Å²) in [5.74, 6) is -0.355. The van der Waals surface area contributed by atoms with Gasteiger partial charge in [-0.2, -0.15) is 13.1 Å². The van der Waals surface area contributed by atoms with E-state index in [-0.39, 0.29) is 34.5 Å². The Bertz CT molecular complexity index is 1070. The quantitative estimate of drug-likeness (QED) is 0.591. The first kappa shape index (κ1) is 24.0. The maximum absolute atomic E-state index is 13.0. The molecule has 0 atom stereocenters. The van der Waals surface area contributed by atoms with Gasteiger partial charge in [-0.3, -0.25) is 4.79 Å². The van der Waals surface area contributed by atoms with Gasteiger partial charge < -0.3 is 18.9 Å². The molecule has 1 aromatic carbocycles. The molecule has 8 nitrogen and oxygen atoms in total. The summed E-state index contributed by atoms with van der Waals surface area (Å²) in [5, 5.41) is 0. The lowest BCUT2D eigenvalue weighted by atomic mass is 10.2. The zero-order valence-corrected chi connectivity index (χ0v) is 19.1. The van der Waals surface area contributed by atoms with Crippen molar-refractivity contribution in [2.75, 3.05) is 27.2 Å². The second-order valence-corrected chi connectivity index (χ2v) is 9.60. The Labute approximate surface area is 186 Å². The van der Waals surface area contributed by atoms with Crippen molar-refractivity contribution in [3.05, 3.63) is 41.7 Å². The van der Waals surface area contributed by atoms with E-state index in [1.54, 1.807) is 20.2 Å². The van der Waals surface area contributed by atoms with Crippen molar-refractivity contribution in [1.82, 2.24) is 13.8 Å². The molecule has 2 heterocycles. The SMILES string of the molecule is COc1cc(CN(C)C(=O)c2cc(S(=O)(=O)N3CCCCC3)cn2C)ccc1OC(F)F. The van der Waals surface area contributed by atoms with Crippen LogP contribution in [0.2, 0.25) is 0 Å². The number of aryl methyl sites for hydroxylation is 1. The molecular formula is C21H27F2N3O5S. The van der Waals surface area contributed by atoms with Gasteiger partial charge >= 0.3 is 6.61 Å². The Hall–Kier alpha value is -2.66. The standard InChI is InChI=1S/C21H27F2N3O5S/c1-24-14-16(32(28,29)26-9-5-4-6-10-26)12-17(24)20(27)25(2)13-15-7-8-18(31-21(22)23)19(11-15)30-3/h7-8,11-12,14,21H,4-6,9-10,13H2,1-3H3. The van der Waals surface area contributed by atoms with Gasteiger partial charge in [0.2, 0.25) is 10.0 Å². The summed E-state index contributed by atoms with van der Waals surface area (Å²) >= 11 is 0. The van der Waals surface area contributed by atoms with E-state index >= 15 is 0 Å². The van der Waals surface area contributed by atoms with Crippen molar-refractivity contribution in [2.24, 2.45) is 7.05 Å².